The molecule has 0 unspecified atom stereocenters. The van der Waals surface area contributed by atoms with E-state index in [1.54, 1.807) is 13.2 Å². The zero-order valence-electron chi connectivity index (χ0n) is 12.4. The molecule has 0 heterocycles. The number of hydrogen-bond acceptors (Lipinski definition) is 3. The van der Waals surface area contributed by atoms with Crippen LogP contribution in [0.1, 0.15) is 11.1 Å². The average Bonchev–Trinajstić information content (AvgIpc) is 2.48. The van der Waals surface area contributed by atoms with Gasteiger partial charge in [-0.2, -0.15) is 0 Å². The van der Waals surface area contributed by atoms with Crippen molar-refractivity contribution in [2.75, 3.05) is 20.3 Å². The highest BCUT2D eigenvalue weighted by atomic mass is 19.1. The molecule has 2 aromatic rings. The predicted octanol–water partition coefficient (Wildman–Crippen LogP) is 3.66. The molecule has 0 spiro atoms. The molecule has 0 fully saturated rings. The first-order chi connectivity index (χ1) is 10.2. The third kappa shape index (κ3) is 4.55. The molecular formula is C17H20FNO2. The predicted molar refractivity (Wildman–Crippen MR) is 81.2 cm³/mol. The first kappa shape index (κ1) is 15.5. The summed E-state index contributed by atoms with van der Waals surface area (Å²) >= 11 is 0. The lowest BCUT2D eigenvalue weighted by Crippen LogP contribution is -2.19. The van der Waals surface area contributed by atoms with E-state index in [9.17, 15) is 4.39 Å². The third-order valence-electron chi connectivity index (χ3n) is 3.13. The minimum absolute atomic E-state index is 0.268. The Hall–Kier alpha value is -1.91. The van der Waals surface area contributed by atoms with E-state index in [0.29, 0.717) is 25.4 Å². The number of hydrogen-bond donors (Lipinski definition) is 1. The molecule has 4 heteroatoms. The molecule has 3 nitrogen and oxygen atoms in total. The number of nitrogens with one attached hydrogen (secondary N) is 1. The molecule has 0 radical (unpaired) electrons. The first-order valence-corrected chi connectivity index (χ1v) is 6.92. The van der Waals surface area contributed by atoms with Crippen molar-refractivity contribution in [3.8, 4) is 11.5 Å². The van der Waals surface area contributed by atoms with Gasteiger partial charge in [-0.1, -0.05) is 18.2 Å². The summed E-state index contributed by atoms with van der Waals surface area (Å²) in [5.74, 6) is 1.17. The first-order valence-electron chi connectivity index (χ1n) is 6.92. The van der Waals surface area contributed by atoms with Crippen molar-refractivity contribution in [2.24, 2.45) is 0 Å². The molecule has 1 N–H and O–H groups in total. The maximum atomic E-state index is 13.4. The smallest absolute Gasteiger partial charge is 0.132 e. The van der Waals surface area contributed by atoms with Crippen LogP contribution in [0.3, 0.4) is 0 Å². The monoisotopic (exact) mass is 289 g/mol. The van der Waals surface area contributed by atoms with E-state index < -0.39 is 0 Å². The highest BCUT2D eigenvalue weighted by Crippen LogP contribution is 2.28. The fourth-order valence-electron chi connectivity index (χ4n) is 1.97. The number of benzene rings is 2. The Morgan fingerprint density at radius 3 is 2.67 bits per heavy atom. The van der Waals surface area contributed by atoms with Gasteiger partial charge in [0.15, 0.2) is 0 Å². The lowest BCUT2D eigenvalue weighted by molar-refractivity contribution is 0.199. The normalized spacial score (nSPS) is 10.6. The molecule has 0 saturated heterocycles. The molecule has 0 aromatic heterocycles. The largest absolute Gasteiger partial charge is 0.457 e. The summed E-state index contributed by atoms with van der Waals surface area (Å²) in [4.78, 5) is 0. The Labute approximate surface area is 124 Å². The van der Waals surface area contributed by atoms with Gasteiger partial charge in [-0.15, -0.1) is 0 Å². The van der Waals surface area contributed by atoms with E-state index in [1.165, 1.54) is 12.1 Å². The topological polar surface area (TPSA) is 30.5 Å². The summed E-state index contributed by atoms with van der Waals surface area (Å²) in [6.07, 6.45) is 0. The molecule has 0 aliphatic heterocycles. The van der Waals surface area contributed by atoms with Gasteiger partial charge in [0.25, 0.3) is 0 Å². The summed E-state index contributed by atoms with van der Waals surface area (Å²) in [7, 11) is 1.65. The summed E-state index contributed by atoms with van der Waals surface area (Å²) in [5.41, 5.74) is 1.83. The molecule has 112 valence electrons. The van der Waals surface area contributed by atoms with Crippen molar-refractivity contribution in [2.45, 2.75) is 13.5 Å². The van der Waals surface area contributed by atoms with Crippen LogP contribution in [-0.2, 0) is 11.3 Å². The standard InChI is InChI=1S/C17H20FNO2/c1-13-5-3-4-6-16(13)21-17-8-7-15(18)11-14(17)12-19-9-10-20-2/h3-8,11,19H,9-10,12H2,1-2H3. The molecule has 2 aromatic carbocycles. The van der Waals surface area contributed by atoms with E-state index in [0.717, 1.165) is 16.9 Å². The quantitative estimate of drug-likeness (QED) is 0.789. The highest BCUT2D eigenvalue weighted by molar-refractivity contribution is 5.41. The molecule has 2 rings (SSSR count). The SMILES string of the molecule is COCCNCc1cc(F)ccc1Oc1ccccc1C. The van der Waals surface area contributed by atoms with Gasteiger partial charge in [0.05, 0.1) is 6.61 Å². The highest BCUT2D eigenvalue weighted by Gasteiger charge is 2.08. The van der Waals surface area contributed by atoms with Gasteiger partial charge >= 0.3 is 0 Å². The van der Waals surface area contributed by atoms with Gasteiger partial charge in [-0.05, 0) is 36.8 Å². The molecule has 0 aliphatic carbocycles. The van der Waals surface area contributed by atoms with Crippen molar-refractivity contribution in [1.29, 1.82) is 0 Å². The minimum Gasteiger partial charge on any atom is -0.457 e. The lowest BCUT2D eigenvalue weighted by atomic mass is 10.2. The van der Waals surface area contributed by atoms with E-state index in [4.69, 9.17) is 9.47 Å². The van der Waals surface area contributed by atoms with Crippen LogP contribution >= 0.6 is 0 Å². The second-order valence-corrected chi connectivity index (χ2v) is 4.79. The molecule has 21 heavy (non-hydrogen) atoms. The Bertz CT molecular complexity index is 587. The number of rotatable bonds is 7. The van der Waals surface area contributed by atoms with Crippen molar-refractivity contribution in [3.05, 3.63) is 59.4 Å². The molecule has 0 amide bonds. The molecule has 0 atom stereocenters. The van der Waals surface area contributed by atoms with E-state index in [1.807, 2.05) is 31.2 Å². The van der Waals surface area contributed by atoms with E-state index in [-0.39, 0.29) is 5.82 Å². The van der Waals surface area contributed by atoms with Crippen molar-refractivity contribution in [1.82, 2.24) is 5.32 Å². The van der Waals surface area contributed by atoms with E-state index in [2.05, 4.69) is 5.32 Å². The van der Waals surface area contributed by atoms with Crippen LogP contribution in [-0.4, -0.2) is 20.3 Å². The fourth-order valence-corrected chi connectivity index (χ4v) is 1.97. The lowest BCUT2D eigenvalue weighted by Gasteiger charge is -2.13. The number of ether oxygens (including phenoxy) is 2. The van der Waals surface area contributed by atoms with Gasteiger partial charge in [-0.3, -0.25) is 0 Å². The summed E-state index contributed by atoms with van der Waals surface area (Å²) in [6.45, 7) is 3.83. The molecule has 0 saturated carbocycles. The van der Waals surface area contributed by atoms with Crippen LogP contribution in [0.25, 0.3) is 0 Å². The van der Waals surface area contributed by atoms with Crippen LogP contribution < -0.4 is 10.1 Å². The maximum Gasteiger partial charge on any atom is 0.132 e. The van der Waals surface area contributed by atoms with Crippen molar-refractivity contribution < 1.29 is 13.9 Å². The number of para-hydroxylation sites is 1. The van der Waals surface area contributed by atoms with Crippen LogP contribution in [0.5, 0.6) is 11.5 Å². The third-order valence-corrected chi connectivity index (χ3v) is 3.13. The summed E-state index contributed by atoms with van der Waals surface area (Å²) < 4.78 is 24.3. The van der Waals surface area contributed by atoms with Gasteiger partial charge < -0.3 is 14.8 Å². The second-order valence-electron chi connectivity index (χ2n) is 4.79. The summed E-state index contributed by atoms with van der Waals surface area (Å²) in [6, 6.07) is 12.3. The van der Waals surface area contributed by atoms with Crippen LogP contribution in [0.2, 0.25) is 0 Å². The second kappa shape index (κ2) is 7.76. The molecule has 0 bridgehead atoms. The Morgan fingerprint density at radius 2 is 1.90 bits per heavy atom. The Kier molecular flexibility index (Phi) is 5.72. The number of methoxy groups -OCH3 is 1. The van der Waals surface area contributed by atoms with Crippen molar-refractivity contribution >= 4 is 0 Å². The Morgan fingerprint density at radius 1 is 1.10 bits per heavy atom. The molecule has 0 aliphatic rings. The average molecular weight is 289 g/mol. The summed E-state index contributed by atoms with van der Waals surface area (Å²) in [5, 5.41) is 3.20. The van der Waals surface area contributed by atoms with Gasteiger partial charge in [0.2, 0.25) is 0 Å². The maximum absolute atomic E-state index is 13.4. The van der Waals surface area contributed by atoms with Crippen LogP contribution in [0.15, 0.2) is 42.5 Å². The van der Waals surface area contributed by atoms with Gasteiger partial charge in [-0.25, -0.2) is 4.39 Å². The fraction of sp³-hybridized carbons (Fsp3) is 0.294. The van der Waals surface area contributed by atoms with Crippen LogP contribution in [0, 0.1) is 12.7 Å². The van der Waals surface area contributed by atoms with Gasteiger partial charge in [0, 0.05) is 25.8 Å². The zero-order valence-corrected chi connectivity index (χ0v) is 12.4. The van der Waals surface area contributed by atoms with Crippen LogP contribution in [0.4, 0.5) is 4.39 Å². The minimum atomic E-state index is -0.268. The number of halogens is 1. The molecular weight excluding hydrogens is 269 g/mol. The van der Waals surface area contributed by atoms with Gasteiger partial charge in [0.1, 0.15) is 17.3 Å². The Balaban J connectivity index is 2.13. The number of aryl methyl sites for hydroxylation is 1. The zero-order chi connectivity index (χ0) is 15.1. The van der Waals surface area contributed by atoms with E-state index >= 15 is 0 Å². The van der Waals surface area contributed by atoms with Crippen molar-refractivity contribution in [3.63, 3.8) is 0 Å².